The van der Waals surface area contributed by atoms with E-state index in [0.29, 0.717) is 13.0 Å². The van der Waals surface area contributed by atoms with Crippen molar-refractivity contribution in [1.82, 2.24) is 15.2 Å². The van der Waals surface area contributed by atoms with Gasteiger partial charge in [-0.2, -0.15) is 0 Å². The molecular formula is C28H35N3O3. The van der Waals surface area contributed by atoms with Crippen molar-refractivity contribution in [3.63, 3.8) is 0 Å². The lowest BCUT2D eigenvalue weighted by atomic mass is 9.88. The van der Waals surface area contributed by atoms with Crippen LogP contribution in [0.2, 0.25) is 0 Å². The molecule has 2 aliphatic rings. The Hall–Kier alpha value is -2.83. The lowest BCUT2D eigenvalue weighted by molar-refractivity contribution is -0.122. The number of likely N-dealkylation sites (tertiary alicyclic amines) is 1. The number of benzene rings is 2. The Kier molecular flexibility index (Phi) is 6.88. The van der Waals surface area contributed by atoms with Crippen LogP contribution in [0.1, 0.15) is 43.2 Å². The van der Waals surface area contributed by atoms with Gasteiger partial charge in [-0.05, 0) is 49.8 Å². The molecule has 2 aliphatic heterocycles. The summed E-state index contributed by atoms with van der Waals surface area (Å²) in [4.78, 5) is 18.2. The van der Waals surface area contributed by atoms with Crippen molar-refractivity contribution in [3.8, 4) is 5.75 Å². The fourth-order valence-corrected chi connectivity index (χ4v) is 5.50. The zero-order valence-corrected chi connectivity index (χ0v) is 20.0. The number of aromatic amines is 1. The molecule has 0 saturated carbocycles. The molecule has 5 rings (SSSR count). The number of aryl methyl sites for hydroxylation is 1. The molecule has 34 heavy (non-hydrogen) atoms. The van der Waals surface area contributed by atoms with E-state index in [0.717, 1.165) is 63.0 Å². The summed E-state index contributed by atoms with van der Waals surface area (Å²) in [5.41, 5.74) is 3.54. The maximum absolute atomic E-state index is 12.5. The number of fused-ring (bicyclic) bond motifs is 1. The van der Waals surface area contributed by atoms with E-state index < -0.39 is 0 Å². The van der Waals surface area contributed by atoms with Gasteiger partial charge in [-0.25, -0.2) is 0 Å². The van der Waals surface area contributed by atoms with Gasteiger partial charge < -0.3 is 19.8 Å². The van der Waals surface area contributed by atoms with Crippen molar-refractivity contribution in [2.24, 2.45) is 0 Å². The number of para-hydroxylation sites is 2. The van der Waals surface area contributed by atoms with Gasteiger partial charge in [0, 0.05) is 55.3 Å². The number of ether oxygens (including phenoxy) is 2. The predicted molar refractivity (Wildman–Crippen MR) is 134 cm³/mol. The van der Waals surface area contributed by atoms with Crippen LogP contribution < -0.4 is 10.1 Å². The van der Waals surface area contributed by atoms with E-state index in [-0.39, 0.29) is 17.6 Å². The highest BCUT2D eigenvalue weighted by molar-refractivity contribution is 5.84. The summed E-state index contributed by atoms with van der Waals surface area (Å²) in [6.45, 7) is 3.58. The molecule has 1 aromatic heterocycles. The Morgan fingerprint density at radius 1 is 1.12 bits per heavy atom. The lowest BCUT2D eigenvalue weighted by Crippen LogP contribution is -2.44. The van der Waals surface area contributed by atoms with Crippen LogP contribution in [0.4, 0.5) is 0 Å². The summed E-state index contributed by atoms with van der Waals surface area (Å²) in [6, 6.07) is 16.5. The molecule has 0 aliphatic carbocycles. The van der Waals surface area contributed by atoms with Gasteiger partial charge in [0.25, 0.3) is 0 Å². The molecule has 2 saturated heterocycles. The van der Waals surface area contributed by atoms with Gasteiger partial charge in [0.2, 0.25) is 5.91 Å². The van der Waals surface area contributed by atoms with Gasteiger partial charge in [0.1, 0.15) is 5.75 Å². The zero-order valence-electron chi connectivity index (χ0n) is 20.0. The first kappa shape index (κ1) is 22.9. The molecule has 6 heteroatoms. The summed E-state index contributed by atoms with van der Waals surface area (Å²) in [7, 11) is 1.73. The van der Waals surface area contributed by atoms with E-state index in [1.807, 2.05) is 30.5 Å². The van der Waals surface area contributed by atoms with Gasteiger partial charge in [-0.1, -0.05) is 36.4 Å². The Morgan fingerprint density at radius 2 is 1.91 bits per heavy atom. The standard InChI is InChI=1S/C28H35N3O3/c1-33-26-9-5-2-6-22(26)20-31-16-14-28(15-17-31)13-12-23(34-28)19-30-27(32)11-10-21-18-29-25-8-4-3-7-24(21)25/h2-9,18,23,29H,10-17,19-20H2,1H3,(H,30,32)/t23-/m0/s1. The fraction of sp³-hybridized carbons (Fsp3) is 0.464. The van der Waals surface area contributed by atoms with Crippen molar-refractivity contribution in [2.45, 2.75) is 56.8 Å². The Morgan fingerprint density at radius 3 is 2.76 bits per heavy atom. The van der Waals surface area contributed by atoms with Crippen molar-refractivity contribution in [2.75, 3.05) is 26.7 Å². The third kappa shape index (κ3) is 5.13. The number of nitrogens with zero attached hydrogens (tertiary/aromatic N) is 1. The number of hydrogen-bond donors (Lipinski definition) is 2. The van der Waals surface area contributed by atoms with E-state index in [9.17, 15) is 4.79 Å². The number of aromatic nitrogens is 1. The average Bonchev–Trinajstić information content (AvgIpc) is 3.47. The van der Waals surface area contributed by atoms with Gasteiger partial charge >= 0.3 is 0 Å². The van der Waals surface area contributed by atoms with Gasteiger partial charge in [0.15, 0.2) is 0 Å². The quantitative estimate of drug-likeness (QED) is 0.521. The van der Waals surface area contributed by atoms with Gasteiger partial charge in [-0.3, -0.25) is 9.69 Å². The summed E-state index contributed by atoms with van der Waals surface area (Å²) in [5, 5.41) is 4.31. The SMILES string of the molecule is COc1ccccc1CN1CCC2(CC[C@@H](CNC(=O)CCc3c[nH]c4ccccc34)O2)CC1. The number of H-pyrrole nitrogens is 1. The van der Waals surface area contributed by atoms with E-state index in [1.165, 1.54) is 16.5 Å². The molecule has 6 nitrogen and oxygen atoms in total. The van der Waals surface area contributed by atoms with Gasteiger partial charge in [-0.15, -0.1) is 0 Å². The minimum absolute atomic E-state index is 0.0172. The Bertz CT molecular complexity index is 1120. The number of carbonyl (C=O) groups is 1. The number of methoxy groups -OCH3 is 1. The number of piperidine rings is 1. The molecule has 1 amide bonds. The minimum atomic E-state index is -0.0172. The molecule has 3 heterocycles. The summed E-state index contributed by atoms with van der Waals surface area (Å²) >= 11 is 0. The maximum Gasteiger partial charge on any atom is 0.220 e. The van der Waals surface area contributed by atoms with Crippen molar-refractivity contribution in [3.05, 3.63) is 65.9 Å². The smallest absolute Gasteiger partial charge is 0.220 e. The van der Waals surface area contributed by atoms with Crippen LogP contribution in [-0.2, 0) is 22.5 Å². The van der Waals surface area contributed by atoms with Crippen molar-refractivity contribution < 1.29 is 14.3 Å². The molecule has 2 fully saturated rings. The molecule has 1 spiro atoms. The molecule has 0 bridgehead atoms. The van der Waals surface area contributed by atoms with Crippen LogP contribution >= 0.6 is 0 Å². The summed E-state index contributed by atoms with van der Waals surface area (Å²) in [6.07, 6.45) is 7.59. The lowest BCUT2D eigenvalue weighted by Gasteiger charge is -2.39. The van der Waals surface area contributed by atoms with Crippen LogP contribution in [0.25, 0.3) is 10.9 Å². The second-order valence-electron chi connectivity index (χ2n) is 9.71. The first-order chi connectivity index (χ1) is 16.6. The van der Waals surface area contributed by atoms with Crippen LogP contribution in [-0.4, -0.2) is 54.2 Å². The number of hydrogen-bond acceptors (Lipinski definition) is 4. The first-order valence-electron chi connectivity index (χ1n) is 12.5. The predicted octanol–water partition coefficient (Wildman–Crippen LogP) is 4.44. The molecule has 2 aromatic carbocycles. The average molecular weight is 462 g/mol. The van der Waals surface area contributed by atoms with E-state index in [2.05, 4.69) is 39.5 Å². The number of amides is 1. The van der Waals surface area contributed by atoms with Crippen molar-refractivity contribution >= 4 is 16.8 Å². The largest absolute Gasteiger partial charge is 0.496 e. The van der Waals surface area contributed by atoms with E-state index in [4.69, 9.17) is 9.47 Å². The second-order valence-corrected chi connectivity index (χ2v) is 9.71. The minimum Gasteiger partial charge on any atom is -0.496 e. The molecule has 180 valence electrons. The fourth-order valence-electron chi connectivity index (χ4n) is 5.50. The van der Waals surface area contributed by atoms with Crippen LogP contribution in [0.3, 0.4) is 0 Å². The highest BCUT2D eigenvalue weighted by Crippen LogP contribution is 2.39. The monoisotopic (exact) mass is 461 g/mol. The van der Waals surface area contributed by atoms with Crippen LogP contribution in [0.5, 0.6) is 5.75 Å². The van der Waals surface area contributed by atoms with E-state index >= 15 is 0 Å². The van der Waals surface area contributed by atoms with Gasteiger partial charge in [0.05, 0.1) is 18.8 Å². The Balaban J connectivity index is 1.05. The normalized spacial score (nSPS) is 20.1. The Labute approximate surface area is 201 Å². The topological polar surface area (TPSA) is 66.6 Å². The molecule has 2 N–H and O–H groups in total. The molecule has 1 atom stereocenters. The number of carbonyl (C=O) groups excluding carboxylic acids is 1. The number of nitrogens with one attached hydrogen (secondary N) is 2. The van der Waals surface area contributed by atoms with Crippen LogP contribution in [0, 0.1) is 0 Å². The third-order valence-electron chi connectivity index (χ3n) is 7.52. The number of rotatable bonds is 8. The highest BCUT2D eigenvalue weighted by atomic mass is 16.5. The zero-order chi connectivity index (χ0) is 23.4. The molecule has 0 radical (unpaired) electrons. The van der Waals surface area contributed by atoms with Crippen molar-refractivity contribution in [1.29, 1.82) is 0 Å². The van der Waals surface area contributed by atoms with Crippen LogP contribution in [0.15, 0.2) is 54.7 Å². The highest BCUT2D eigenvalue weighted by Gasteiger charge is 2.42. The molecule has 3 aromatic rings. The molecular weight excluding hydrogens is 426 g/mol. The summed E-state index contributed by atoms with van der Waals surface area (Å²) in [5.74, 6) is 1.06. The van der Waals surface area contributed by atoms with E-state index in [1.54, 1.807) is 7.11 Å². The second kappa shape index (κ2) is 10.2. The third-order valence-corrected chi connectivity index (χ3v) is 7.52. The summed E-state index contributed by atoms with van der Waals surface area (Å²) < 4.78 is 12.0. The maximum atomic E-state index is 12.5. The molecule has 0 unspecified atom stereocenters. The first-order valence-corrected chi connectivity index (χ1v) is 12.5.